The van der Waals surface area contributed by atoms with E-state index in [-0.39, 0.29) is 35.4 Å². The van der Waals surface area contributed by atoms with Crippen molar-refractivity contribution in [3.05, 3.63) is 65.2 Å². The Labute approximate surface area is 160 Å². The molecule has 0 fully saturated rings. The Morgan fingerprint density at radius 2 is 1.63 bits per heavy atom. The number of hydrogen-bond acceptors (Lipinski definition) is 3. The molecular weight excluding hydrogens is 340 g/mol. The van der Waals surface area contributed by atoms with Crippen LogP contribution >= 0.6 is 0 Å². The van der Waals surface area contributed by atoms with Gasteiger partial charge in [0.05, 0.1) is 6.26 Å². The Morgan fingerprint density at radius 3 is 2.15 bits per heavy atom. The monoisotopic (exact) mass is 368 g/mol. The van der Waals surface area contributed by atoms with E-state index in [1.807, 2.05) is 19.1 Å². The van der Waals surface area contributed by atoms with Gasteiger partial charge in [0, 0.05) is 17.7 Å². The van der Waals surface area contributed by atoms with Gasteiger partial charge in [-0.2, -0.15) is 0 Å². The maximum absolute atomic E-state index is 12.9. The summed E-state index contributed by atoms with van der Waals surface area (Å²) in [4.78, 5) is 25.5. The summed E-state index contributed by atoms with van der Waals surface area (Å²) in [5.41, 5.74) is 1.71. The third kappa shape index (κ3) is 5.84. The van der Waals surface area contributed by atoms with Gasteiger partial charge in [0.25, 0.3) is 11.8 Å². The molecule has 0 aliphatic heterocycles. The number of aryl methyl sites for hydroxylation is 1. The molecule has 2 N–H and O–H groups in total. The standard InChI is InChI=1S/C22H28N2O3/c1-14(2)20(15(3)4)24-22(26)19(13-18-7-6-12-27-18)23-21(25)17-10-8-16(5)9-11-17/h6-15,20H,1-5H3,(H,23,25)(H,24,26)/b19-13-. The van der Waals surface area contributed by atoms with E-state index >= 15 is 0 Å². The van der Waals surface area contributed by atoms with E-state index in [0.29, 0.717) is 11.3 Å². The summed E-state index contributed by atoms with van der Waals surface area (Å²) < 4.78 is 5.31. The number of amides is 2. The zero-order chi connectivity index (χ0) is 20.0. The van der Waals surface area contributed by atoms with Gasteiger partial charge in [-0.25, -0.2) is 0 Å². The first-order valence-corrected chi connectivity index (χ1v) is 9.22. The lowest BCUT2D eigenvalue weighted by molar-refractivity contribution is -0.119. The average Bonchev–Trinajstić information content (AvgIpc) is 3.11. The van der Waals surface area contributed by atoms with Crippen LogP contribution in [0.1, 0.15) is 49.4 Å². The van der Waals surface area contributed by atoms with Crippen LogP contribution in [0, 0.1) is 18.8 Å². The molecule has 27 heavy (non-hydrogen) atoms. The highest BCUT2D eigenvalue weighted by atomic mass is 16.3. The zero-order valence-electron chi connectivity index (χ0n) is 16.6. The van der Waals surface area contributed by atoms with Crippen LogP contribution in [0.15, 0.2) is 52.8 Å². The Balaban J connectivity index is 2.24. The first kappa shape index (κ1) is 20.5. The van der Waals surface area contributed by atoms with Gasteiger partial charge in [-0.3, -0.25) is 9.59 Å². The van der Waals surface area contributed by atoms with Crippen molar-refractivity contribution >= 4 is 17.9 Å². The van der Waals surface area contributed by atoms with E-state index in [4.69, 9.17) is 4.42 Å². The van der Waals surface area contributed by atoms with Crippen LogP contribution in [0.3, 0.4) is 0 Å². The highest BCUT2D eigenvalue weighted by Gasteiger charge is 2.23. The van der Waals surface area contributed by atoms with E-state index in [1.54, 1.807) is 30.3 Å². The van der Waals surface area contributed by atoms with Crippen LogP contribution in [-0.4, -0.2) is 17.9 Å². The Hall–Kier alpha value is -2.82. The molecular formula is C22H28N2O3. The third-order valence-corrected chi connectivity index (χ3v) is 4.37. The molecule has 2 rings (SSSR count). The molecule has 2 amide bonds. The predicted molar refractivity (Wildman–Crippen MR) is 107 cm³/mol. The number of benzene rings is 1. The zero-order valence-corrected chi connectivity index (χ0v) is 16.6. The van der Waals surface area contributed by atoms with Crippen molar-refractivity contribution < 1.29 is 14.0 Å². The number of carbonyl (C=O) groups excluding carboxylic acids is 2. The first-order chi connectivity index (χ1) is 12.8. The molecule has 0 saturated carbocycles. The lowest BCUT2D eigenvalue weighted by atomic mass is 9.93. The third-order valence-electron chi connectivity index (χ3n) is 4.37. The van der Waals surface area contributed by atoms with Gasteiger partial charge in [0.2, 0.25) is 0 Å². The number of nitrogens with one attached hydrogen (secondary N) is 2. The lowest BCUT2D eigenvalue weighted by Crippen LogP contribution is -2.45. The van der Waals surface area contributed by atoms with E-state index in [1.165, 1.54) is 6.26 Å². The van der Waals surface area contributed by atoms with E-state index in [2.05, 4.69) is 38.3 Å². The quantitative estimate of drug-likeness (QED) is 0.721. The van der Waals surface area contributed by atoms with Crippen molar-refractivity contribution in [3.8, 4) is 0 Å². The summed E-state index contributed by atoms with van der Waals surface area (Å²) in [6.45, 7) is 10.2. The molecule has 0 unspecified atom stereocenters. The van der Waals surface area contributed by atoms with Crippen LogP contribution < -0.4 is 10.6 Å². The van der Waals surface area contributed by atoms with Crippen molar-refractivity contribution in [1.82, 2.24) is 10.6 Å². The van der Waals surface area contributed by atoms with Gasteiger partial charge < -0.3 is 15.1 Å². The van der Waals surface area contributed by atoms with Gasteiger partial charge in [0.1, 0.15) is 11.5 Å². The molecule has 2 aromatic rings. The van der Waals surface area contributed by atoms with Gasteiger partial charge in [0.15, 0.2) is 0 Å². The highest BCUT2D eigenvalue weighted by molar-refractivity contribution is 6.05. The number of hydrogen-bond donors (Lipinski definition) is 2. The summed E-state index contributed by atoms with van der Waals surface area (Å²) in [6.07, 6.45) is 3.06. The van der Waals surface area contributed by atoms with Crippen LogP contribution in [0.2, 0.25) is 0 Å². The second-order valence-electron chi connectivity index (χ2n) is 7.38. The summed E-state index contributed by atoms with van der Waals surface area (Å²) in [5.74, 6) is 0.362. The fourth-order valence-electron chi connectivity index (χ4n) is 2.91. The van der Waals surface area contributed by atoms with E-state index < -0.39 is 0 Å². The van der Waals surface area contributed by atoms with E-state index in [0.717, 1.165) is 5.56 Å². The van der Waals surface area contributed by atoms with Crippen molar-refractivity contribution in [3.63, 3.8) is 0 Å². The molecule has 0 atom stereocenters. The summed E-state index contributed by atoms with van der Waals surface area (Å²) >= 11 is 0. The molecule has 0 bridgehead atoms. The van der Waals surface area contributed by atoms with Gasteiger partial charge in [-0.1, -0.05) is 45.4 Å². The van der Waals surface area contributed by atoms with Gasteiger partial charge in [-0.15, -0.1) is 0 Å². The number of furan rings is 1. The lowest BCUT2D eigenvalue weighted by Gasteiger charge is -2.26. The molecule has 1 aromatic heterocycles. The highest BCUT2D eigenvalue weighted by Crippen LogP contribution is 2.14. The SMILES string of the molecule is Cc1ccc(C(=O)N/C(=C\c2ccco2)C(=O)NC(C(C)C)C(C)C)cc1. The molecule has 1 heterocycles. The fraction of sp³-hybridized carbons (Fsp3) is 0.364. The van der Waals surface area contributed by atoms with E-state index in [9.17, 15) is 9.59 Å². The van der Waals surface area contributed by atoms with Crippen LogP contribution in [0.5, 0.6) is 0 Å². The Kier molecular flexibility index (Phi) is 6.99. The maximum Gasteiger partial charge on any atom is 0.268 e. The molecule has 144 valence electrons. The smallest absolute Gasteiger partial charge is 0.268 e. The van der Waals surface area contributed by atoms with Crippen molar-refractivity contribution in [1.29, 1.82) is 0 Å². The number of carbonyl (C=O) groups is 2. The van der Waals surface area contributed by atoms with Gasteiger partial charge in [-0.05, 0) is 43.0 Å². The Bertz CT molecular complexity index is 779. The molecule has 1 aromatic carbocycles. The molecule has 0 aliphatic rings. The minimum atomic E-state index is -0.339. The molecule has 0 radical (unpaired) electrons. The molecule has 5 heteroatoms. The minimum absolute atomic E-state index is 0.00576. The summed E-state index contributed by atoms with van der Waals surface area (Å²) in [6, 6.07) is 10.6. The molecule has 5 nitrogen and oxygen atoms in total. The topological polar surface area (TPSA) is 71.3 Å². The molecule has 0 aliphatic carbocycles. The van der Waals surface area contributed by atoms with Crippen molar-refractivity contribution in [2.75, 3.05) is 0 Å². The predicted octanol–water partition coefficient (Wildman–Crippen LogP) is 4.16. The second kappa shape index (κ2) is 9.21. The normalized spacial score (nSPS) is 11.9. The Morgan fingerprint density at radius 1 is 1.00 bits per heavy atom. The van der Waals surface area contributed by atoms with Gasteiger partial charge >= 0.3 is 0 Å². The fourth-order valence-corrected chi connectivity index (χ4v) is 2.91. The summed E-state index contributed by atoms with van der Waals surface area (Å²) in [5, 5.41) is 5.75. The van der Waals surface area contributed by atoms with Crippen LogP contribution in [-0.2, 0) is 4.79 Å². The number of rotatable bonds is 7. The average molecular weight is 368 g/mol. The maximum atomic E-state index is 12.9. The van der Waals surface area contributed by atoms with Crippen molar-refractivity contribution in [2.24, 2.45) is 11.8 Å². The molecule has 0 saturated heterocycles. The van der Waals surface area contributed by atoms with Crippen LogP contribution in [0.4, 0.5) is 0 Å². The summed E-state index contributed by atoms with van der Waals surface area (Å²) in [7, 11) is 0. The van der Waals surface area contributed by atoms with Crippen LogP contribution in [0.25, 0.3) is 6.08 Å². The molecule has 0 spiro atoms. The first-order valence-electron chi connectivity index (χ1n) is 9.22. The minimum Gasteiger partial charge on any atom is -0.465 e. The largest absolute Gasteiger partial charge is 0.465 e. The second-order valence-corrected chi connectivity index (χ2v) is 7.38. The van der Waals surface area contributed by atoms with Crippen molar-refractivity contribution in [2.45, 2.75) is 40.7 Å².